The lowest BCUT2D eigenvalue weighted by atomic mass is 9.83. The Labute approximate surface area is 161 Å². The van der Waals surface area contributed by atoms with Crippen LogP contribution >= 0.6 is 0 Å². The first-order valence-corrected chi connectivity index (χ1v) is 10.3. The van der Waals surface area contributed by atoms with E-state index in [0.717, 1.165) is 62.8 Å². The Hall–Kier alpha value is -2.08. The van der Waals surface area contributed by atoms with E-state index in [9.17, 15) is 0 Å². The summed E-state index contributed by atoms with van der Waals surface area (Å²) >= 11 is 0. The van der Waals surface area contributed by atoms with Gasteiger partial charge in [-0.05, 0) is 50.9 Å². The van der Waals surface area contributed by atoms with Crippen molar-refractivity contribution in [2.24, 2.45) is 7.05 Å². The number of nitrogens with zero attached hydrogens (tertiary/aromatic N) is 5. The van der Waals surface area contributed by atoms with Crippen LogP contribution in [0.3, 0.4) is 0 Å². The fraction of sp³-hybridized carbons (Fsp3) is 0.619. The van der Waals surface area contributed by atoms with E-state index in [2.05, 4.69) is 62.9 Å². The van der Waals surface area contributed by atoms with E-state index in [0.29, 0.717) is 6.04 Å². The smallest absolute Gasteiger partial charge is 0.227 e. The van der Waals surface area contributed by atoms with Crippen molar-refractivity contribution in [3.63, 3.8) is 0 Å². The number of piperidine rings is 1. The first kappa shape index (κ1) is 17.0. The highest BCUT2D eigenvalue weighted by Crippen LogP contribution is 2.40. The Morgan fingerprint density at radius 2 is 1.85 bits per heavy atom. The maximum Gasteiger partial charge on any atom is 0.227 e. The minimum atomic E-state index is -0.00204. The fourth-order valence-electron chi connectivity index (χ4n) is 5.06. The largest absolute Gasteiger partial charge is 0.487 e. The minimum Gasteiger partial charge on any atom is -0.487 e. The molecule has 3 aliphatic rings. The van der Waals surface area contributed by atoms with E-state index in [1.165, 1.54) is 18.4 Å². The van der Waals surface area contributed by atoms with E-state index in [1.807, 2.05) is 0 Å². The number of likely N-dealkylation sites (tertiary alicyclic amines) is 1. The van der Waals surface area contributed by atoms with Crippen LogP contribution < -0.4 is 9.64 Å². The molecule has 6 nitrogen and oxygen atoms in total. The normalized spacial score (nSPS) is 24.8. The molecule has 2 aromatic rings. The van der Waals surface area contributed by atoms with Crippen molar-refractivity contribution in [1.29, 1.82) is 0 Å². The van der Waals surface area contributed by atoms with Crippen LogP contribution in [0.5, 0.6) is 5.75 Å². The van der Waals surface area contributed by atoms with E-state index in [-0.39, 0.29) is 5.60 Å². The van der Waals surface area contributed by atoms with Gasteiger partial charge in [0.05, 0.1) is 6.04 Å². The number of anilines is 1. The molecule has 2 fully saturated rings. The van der Waals surface area contributed by atoms with Gasteiger partial charge in [0.25, 0.3) is 0 Å². The van der Waals surface area contributed by atoms with Crippen molar-refractivity contribution in [3.05, 3.63) is 35.7 Å². The SMILES string of the molecule is CN1CCCC1c1nnc(N2CCC3(CCc4ccccc4O3)CC2)n1C. The molecular formula is C21H29N5O. The highest BCUT2D eigenvalue weighted by Gasteiger charge is 2.40. The number of rotatable bonds is 2. The van der Waals surface area contributed by atoms with Gasteiger partial charge < -0.3 is 9.64 Å². The first-order valence-electron chi connectivity index (χ1n) is 10.3. The summed E-state index contributed by atoms with van der Waals surface area (Å²) in [5.41, 5.74) is 1.35. The topological polar surface area (TPSA) is 46.4 Å². The summed E-state index contributed by atoms with van der Waals surface area (Å²) in [5, 5.41) is 9.11. The fourth-order valence-corrected chi connectivity index (χ4v) is 5.06. The number of ether oxygens (including phenoxy) is 1. The van der Waals surface area contributed by atoms with Crippen LogP contribution in [0.4, 0.5) is 5.95 Å². The van der Waals surface area contributed by atoms with Crippen molar-refractivity contribution < 1.29 is 4.74 Å². The van der Waals surface area contributed by atoms with Crippen LogP contribution in [0.15, 0.2) is 24.3 Å². The van der Waals surface area contributed by atoms with Gasteiger partial charge in [0.15, 0.2) is 5.82 Å². The Kier molecular flexibility index (Phi) is 4.11. The molecule has 4 heterocycles. The van der Waals surface area contributed by atoms with E-state index < -0.39 is 0 Å². The van der Waals surface area contributed by atoms with Crippen molar-refractivity contribution >= 4 is 5.95 Å². The van der Waals surface area contributed by atoms with Gasteiger partial charge >= 0.3 is 0 Å². The summed E-state index contributed by atoms with van der Waals surface area (Å²) in [7, 11) is 4.31. The van der Waals surface area contributed by atoms with Crippen LogP contribution in [0.25, 0.3) is 0 Å². The van der Waals surface area contributed by atoms with Gasteiger partial charge in [0.1, 0.15) is 11.4 Å². The maximum atomic E-state index is 6.50. The number of aromatic nitrogens is 3. The number of aryl methyl sites for hydroxylation is 1. The Balaban J connectivity index is 1.30. The molecule has 0 radical (unpaired) electrons. The monoisotopic (exact) mass is 367 g/mol. The second-order valence-electron chi connectivity index (χ2n) is 8.44. The lowest BCUT2D eigenvalue weighted by Gasteiger charge is -2.44. The third-order valence-electron chi connectivity index (χ3n) is 6.81. The Morgan fingerprint density at radius 1 is 1.04 bits per heavy atom. The molecule has 0 N–H and O–H groups in total. The molecule has 0 aliphatic carbocycles. The summed E-state index contributed by atoms with van der Waals surface area (Å²) in [5.74, 6) is 3.20. The Morgan fingerprint density at radius 3 is 2.63 bits per heavy atom. The second kappa shape index (κ2) is 6.51. The molecule has 1 spiro atoms. The van der Waals surface area contributed by atoms with Gasteiger partial charge in [-0.2, -0.15) is 0 Å². The van der Waals surface area contributed by atoms with Crippen molar-refractivity contribution in [3.8, 4) is 5.75 Å². The summed E-state index contributed by atoms with van der Waals surface area (Å²) in [6.45, 7) is 3.11. The summed E-state index contributed by atoms with van der Waals surface area (Å²) in [4.78, 5) is 4.78. The van der Waals surface area contributed by atoms with Gasteiger partial charge in [-0.3, -0.25) is 9.47 Å². The van der Waals surface area contributed by atoms with Crippen LogP contribution in [0.1, 0.15) is 49.5 Å². The molecular weight excluding hydrogens is 338 g/mol. The van der Waals surface area contributed by atoms with Crippen molar-refractivity contribution in [2.75, 3.05) is 31.6 Å². The van der Waals surface area contributed by atoms with Gasteiger partial charge in [-0.1, -0.05) is 18.2 Å². The third kappa shape index (κ3) is 2.90. The van der Waals surface area contributed by atoms with E-state index >= 15 is 0 Å². The van der Waals surface area contributed by atoms with Crippen LogP contribution in [0, 0.1) is 0 Å². The second-order valence-corrected chi connectivity index (χ2v) is 8.44. The zero-order chi connectivity index (χ0) is 18.4. The molecule has 1 unspecified atom stereocenters. The molecule has 2 saturated heterocycles. The van der Waals surface area contributed by atoms with Gasteiger partial charge in [0.2, 0.25) is 5.95 Å². The van der Waals surface area contributed by atoms with Gasteiger partial charge in [-0.15, -0.1) is 10.2 Å². The standard InChI is InChI=1S/C21H29N5O/c1-24-13-5-7-17(24)19-22-23-20(25(19)2)26-14-11-21(12-15-26)10-9-16-6-3-4-8-18(16)27-21/h3-4,6,8,17H,5,7,9-15H2,1-2H3. The van der Waals surface area contributed by atoms with Gasteiger partial charge in [-0.25, -0.2) is 0 Å². The summed E-state index contributed by atoms with van der Waals surface area (Å²) < 4.78 is 8.71. The molecule has 1 aromatic heterocycles. The highest BCUT2D eigenvalue weighted by atomic mass is 16.5. The minimum absolute atomic E-state index is 0.00204. The number of hydrogen-bond acceptors (Lipinski definition) is 5. The molecule has 0 saturated carbocycles. The lowest BCUT2D eigenvalue weighted by molar-refractivity contribution is 0.0222. The first-order chi connectivity index (χ1) is 13.2. The zero-order valence-corrected chi connectivity index (χ0v) is 16.4. The number of hydrogen-bond donors (Lipinski definition) is 0. The predicted molar refractivity (Wildman–Crippen MR) is 105 cm³/mol. The molecule has 1 aromatic carbocycles. The summed E-state index contributed by atoms with van der Waals surface area (Å²) in [6, 6.07) is 8.91. The van der Waals surface area contributed by atoms with Crippen LogP contribution in [0.2, 0.25) is 0 Å². The number of fused-ring (bicyclic) bond motifs is 1. The molecule has 6 heteroatoms. The van der Waals surface area contributed by atoms with Crippen LogP contribution in [-0.2, 0) is 13.5 Å². The Bertz CT molecular complexity index is 824. The molecule has 5 rings (SSSR count). The van der Waals surface area contributed by atoms with Crippen molar-refractivity contribution in [1.82, 2.24) is 19.7 Å². The zero-order valence-electron chi connectivity index (χ0n) is 16.4. The van der Waals surface area contributed by atoms with Crippen LogP contribution in [-0.4, -0.2) is 51.9 Å². The molecule has 27 heavy (non-hydrogen) atoms. The van der Waals surface area contributed by atoms with Crippen molar-refractivity contribution in [2.45, 2.75) is 50.2 Å². The predicted octanol–water partition coefficient (Wildman–Crippen LogP) is 2.95. The quantitative estimate of drug-likeness (QED) is 0.817. The molecule has 1 atom stereocenters. The summed E-state index contributed by atoms with van der Waals surface area (Å²) in [6.07, 6.45) is 6.76. The van der Waals surface area contributed by atoms with E-state index in [1.54, 1.807) is 0 Å². The molecule has 144 valence electrons. The molecule has 0 amide bonds. The lowest BCUT2D eigenvalue weighted by Crippen LogP contribution is -2.50. The maximum absolute atomic E-state index is 6.50. The van der Waals surface area contributed by atoms with Gasteiger partial charge in [0, 0.05) is 33.0 Å². The average molecular weight is 367 g/mol. The molecule has 0 bridgehead atoms. The number of para-hydroxylation sites is 1. The molecule has 3 aliphatic heterocycles. The van der Waals surface area contributed by atoms with E-state index in [4.69, 9.17) is 4.74 Å². The third-order valence-corrected chi connectivity index (χ3v) is 6.81. The average Bonchev–Trinajstić information content (AvgIpc) is 3.28. The number of benzene rings is 1. The highest BCUT2D eigenvalue weighted by molar-refractivity contribution is 5.38.